The van der Waals surface area contributed by atoms with Gasteiger partial charge in [0, 0.05) is 49.9 Å². The fourth-order valence-corrected chi connectivity index (χ4v) is 3.30. The first-order valence-electron chi connectivity index (χ1n) is 7.41. The molecule has 1 aliphatic rings. The number of fused-ring (bicyclic) bond motifs is 1. The molecule has 0 bridgehead atoms. The summed E-state index contributed by atoms with van der Waals surface area (Å²) in [6.07, 6.45) is 2.80. The Bertz CT molecular complexity index is 779. The van der Waals surface area contributed by atoms with Gasteiger partial charge in [0.05, 0.1) is 0 Å². The normalized spacial score (nSPS) is 14.6. The lowest BCUT2D eigenvalue weighted by molar-refractivity contribution is 0.277. The maximum Gasteiger partial charge on any atom is 0.251 e. The van der Waals surface area contributed by atoms with Crippen LogP contribution in [0.4, 0.5) is 0 Å². The van der Waals surface area contributed by atoms with Crippen LogP contribution in [-0.4, -0.2) is 22.6 Å². The van der Waals surface area contributed by atoms with Crippen molar-refractivity contribution in [2.45, 2.75) is 13.0 Å². The van der Waals surface area contributed by atoms with Crippen LogP contribution < -0.4 is 5.56 Å². The molecule has 0 atom stereocenters. The first kappa shape index (κ1) is 15.1. The van der Waals surface area contributed by atoms with Crippen LogP contribution in [0.5, 0.6) is 0 Å². The number of benzene rings is 1. The average molecular weight is 315 g/mol. The summed E-state index contributed by atoms with van der Waals surface area (Å²) in [7, 11) is 1.85. The van der Waals surface area contributed by atoms with Gasteiger partial charge < -0.3 is 4.57 Å². The Hall–Kier alpha value is -1.84. The van der Waals surface area contributed by atoms with Crippen molar-refractivity contribution in [2.75, 3.05) is 13.1 Å². The summed E-state index contributed by atoms with van der Waals surface area (Å²) in [6.45, 7) is 6.46. The second-order valence-electron chi connectivity index (χ2n) is 5.66. The largest absolute Gasteiger partial charge is 0.315 e. The van der Waals surface area contributed by atoms with E-state index in [4.69, 9.17) is 11.6 Å². The van der Waals surface area contributed by atoms with Crippen LogP contribution in [-0.2, 0) is 20.0 Å². The highest BCUT2D eigenvalue weighted by molar-refractivity contribution is 6.30. The van der Waals surface area contributed by atoms with Crippen molar-refractivity contribution >= 4 is 11.6 Å². The summed E-state index contributed by atoms with van der Waals surface area (Å²) < 4.78 is 1.77. The van der Waals surface area contributed by atoms with Crippen LogP contribution in [0, 0.1) is 0 Å². The Labute approximate surface area is 135 Å². The predicted octanol–water partition coefficient (Wildman–Crippen LogP) is 3.25. The molecule has 0 saturated heterocycles. The molecule has 0 amide bonds. The molecule has 0 saturated carbocycles. The standard InChI is InChI=1S/C18H19ClN2O/c1-3-8-21-9-7-17-16(12-21)15(11-18(22)20(17)2)13-5-4-6-14(19)10-13/h3-6,10-11H,1,7-9,12H2,2H3. The molecule has 2 aromatic rings. The maximum atomic E-state index is 12.3. The van der Waals surface area contributed by atoms with E-state index in [1.807, 2.05) is 37.4 Å². The van der Waals surface area contributed by atoms with Crippen molar-refractivity contribution in [2.24, 2.45) is 7.05 Å². The molecular formula is C18H19ClN2O. The van der Waals surface area contributed by atoms with Crippen molar-refractivity contribution in [1.29, 1.82) is 0 Å². The molecule has 3 rings (SSSR count). The summed E-state index contributed by atoms with van der Waals surface area (Å²) in [4.78, 5) is 14.6. The molecule has 0 N–H and O–H groups in total. The van der Waals surface area contributed by atoms with Crippen LogP contribution in [0.3, 0.4) is 0 Å². The first-order chi connectivity index (χ1) is 10.6. The Morgan fingerprint density at radius 2 is 2.18 bits per heavy atom. The number of nitrogens with zero attached hydrogens (tertiary/aromatic N) is 2. The van der Waals surface area contributed by atoms with Gasteiger partial charge in [-0.1, -0.05) is 29.8 Å². The number of hydrogen-bond acceptors (Lipinski definition) is 2. The molecular weight excluding hydrogens is 296 g/mol. The highest BCUT2D eigenvalue weighted by Crippen LogP contribution is 2.30. The van der Waals surface area contributed by atoms with E-state index in [0.29, 0.717) is 5.02 Å². The van der Waals surface area contributed by atoms with E-state index >= 15 is 0 Å². The van der Waals surface area contributed by atoms with Gasteiger partial charge in [0.2, 0.25) is 0 Å². The molecule has 0 radical (unpaired) electrons. The van der Waals surface area contributed by atoms with Crippen LogP contribution in [0.15, 0.2) is 47.8 Å². The van der Waals surface area contributed by atoms with Crippen LogP contribution in [0.25, 0.3) is 11.1 Å². The molecule has 0 fully saturated rings. The minimum absolute atomic E-state index is 0.0332. The highest BCUT2D eigenvalue weighted by Gasteiger charge is 2.22. The zero-order chi connectivity index (χ0) is 15.7. The molecule has 0 unspecified atom stereocenters. The molecule has 114 valence electrons. The van der Waals surface area contributed by atoms with Gasteiger partial charge in [-0.05, 0) is 28.8 Å². The van der Waals surface area contributed by atoms with Gasteiger partial charge in [-0.25, -0.2) is 0 Å². The third-order valence-electron chi connectivity index (χ3n) is 4.25. The van der Waals surface area contributed by atoms with Crippen molar-refractivity contribution in [3.63, 3.8) is 0 Å². The van der Waals surface area contributed by atoms with E-state index in [1.54, 1.807) is 10.6 Å². The van der Waals surface area contributed by atoms with Crippen LogP contribution in [0.1, 0.15) is 11.3 Å². The second kappa shape index (κ2) is 6.11. The third kappa shape index (κ3) is 2.74. The van der Waals surface area contributed by atoms with Gasteiger partial charge >= 0.3 is 0 Å². The highest BCUT2D eigenvalue weighted by atomic mass is 35.5. The molecule has 0 spiro atoms. The van der Waals surface area contributed by atoms with Gasteiger partial charge in [-0.3, -0.25) is 9.69 Å². The number of pyridine rings is 1. The van der Waals surface area contributed by atoms with Crippen molar-refractivity contribution in [3.05, 3.63) is 69.6 Å². The lowest BCUT2D eigenvalue weighted by Gasteiger charge is -2.30. The first-order valence-corrected chi connectivity index (χ1v) is 7.79. The summed E-state index contributed by atoms with van der Waals surface area (Å²) in [5.74, 6) is 0. The Morgan fingerprint density at radius 3 is 2.91 bits per heavy atom. The van der Waals surface area contributed by atoms with Gasteiger partial charge in [0.1, 0.15) is 0 Å². The number of halogens is 1. The van der Waals surface area contributed by atoms with Crippen molar-refractivity contribution in [3.8, 4) is 11.1 Å². The summed E-state index contributed by atoms with van der Waals surface area (Å²) in [5, 5.41) is 0.686. The molecule has 0 aliphatic carbocycles. The predicted molar refractivity (Wildman–Crippen MR) is 91.3 cm³/mol. The van der Waals surface area contributed by atoms with E-state index < -0.39 is 0 Å². The van der Waals surface area contributed by atoms with Gasteiger partial charge in [0.15, 0.2) is 0 Å². The lowest BCUT2D eigenvalue weighted by atomic mass is 9.94. The SMILES string of the molecule is C=CCN1CCc2c(c(-c3cccc(Cl)c3)cc(=O)n2C)C1. The Balaban J connectivity index is 2.17. The topological polar surface area (TPSA) is 25.2 Å². The molecule has 2 heterocycles. The second-order valence-corrected chi connectivity index (χ2v) is 6.10. The molecule has 4 heteroatoms. The van der Waals surface area contributed by atoms with Crippen molar-refractivity contribution < 1.29 is 0 Å². The van der Waals surface area contributed by atoms with Crippen LogP contribution in [0.2, 0.25) is 5.02 Å². The fraction of sp³-hybridized carbons (Fsp3) is 0.278. The number of rotatable bonds is 3. The maximum absolute atomic E-state index is 12.3. The Morgan fingerprint density at radius 1 is 1.36 bits per heavy atom. The Kier molecular flexibility index (Phi) is 4.19. The van der Waals surface area contributed by atoms with Gasteiger partial charge in [-0.15, -0.1) is 6.58 Å². The summed E-state index contributed by atoms with van der Waals surface area (Å²) in [5.41, 5.74) is 4.38. The zero-order valence-corrected chi connectivity index (χ0v) is 13.4. The summed E-state index contributed by atoms with van der Waals surface area (Å²) in [6, 6.07) is 9.42. The van der Waals surface area contributed by atoms with E-state index in [0.717, 1.165) is 42.9 Å². The quantitative estimate of drug-likeness (QED) is 0.813. The average Bonchev–Trinajstić information content (AvgIpc) is 2.51. The van der Waals surface area contributed by atoms with Crippen molar-refractivity contribution in [1.82, 2.24) is 9.47 Å². The summed E-state index contributed by atoms with van der Waals surface area (Å²) >= 11 is 6.12. The lowest BCUT2D eigenvalue weighted by Crippen LogP contribution is -2.35. The fourth-order valence-electron chi connectivity index (χ4n) is 3.11. The molecule has 1 aromatic carbocycles. The smallest absolute Gasteiger partial charge is 0.251 e. The monoisotopic (exact) mass is 314 g/mol. The van der Waals surface area contributed by atoms with E-state index in [2.05, 4.69) is 11.5 Å². The van der Waals surface area contributed by atoms with Gasteiger partial charge in [0.25, 0.3) is 5.56 Å². The minimum Gasteiger partial charge on any atom is -0.315 e. The molecule has 3 nitrogen and oxygen atoms in total. The molecule has 1 aromatic heterocycles. The van der Waals surface area contributed by atoms with E-state index in [9.17, 15) is 4.79 Å². The van der Waals surface area contributed by atoms with E-state index in [-0.39, 0.29) is 5.56 Å². The van der Waals surface area contributed by atoms with E-state index in [1.165, 1.54) is 5.56 Å². The molecule has 22 heavy (non-hydrogen) atoms. The number of aromatic nitrogens is 1. The minimum atomic E-state index is 0.0332. The molecule has 1 aliphatic heterocycles. The number of hydrogen-bond donors (Lipinski definition) is 0. The zero-order valence-electron chi connectivity index (χ0n) is 12.7. The van der Waals surface area contributed by atoms with Gasteiger partial charge in [-0.2, -0.15) is 0 Å². The third-order valence-corrected chi connectivity index (χ3v) is 4.48. The van der Waals surface area contributed by atoms with Crippen LogP contribution >= 0.6 is 11.6 Å².